The zero-order valence-electron chi connectivity index (χ0n) is 14.6. The van der Waals surface area contributed by atoms with Gasteiger partial charge in [-0.1, -0.05) is 0 Å². The predicted octanol–water partition coefficient (Wildman–Crippen LogP) is 1.96. The van der Waals surface area contributed by atoms with Crippen LogP contribution in [0.4, 0.5) is 0 Å². The first kappa shape index (κ1) is 17.9. The third-order valence-corrected chi connectivity index (χ3v) is 6.27. The molecule has 1 spiro atoms. The second-order valence-electron chi connectivity index (χ2n) is 7.27. The molecule has 1 aromatic heterocycles. The third-order valence-electron chi connectivity index (χ3n) is 5.54. The Morgan fingerprint density at radius 2 is 2.29 bits per heavy atom. The van der Waals surface area contributed by atoms with Crippen LogP contribution in [0.5, 0.6) is 0 Å². The van der Waals surface area contributed by atoms with Crippen molar-refractivity contribution in [3.8, 4) is 0 Å². The monoisotopic (exact) mass is 352 g/mol. The van der Waals surface area contributed by atoms with Crippen LogP contribution in [0.1, 0.15) is 31.7 Å². The van der Waals surface area contributed by atoms with Crippen LogP contribution in [0.15, 0.2) is 16.8 Å². The first-order valence-corrected chi connectivity index (χ1v) is 9.66. The fourth-order valence-electron chi connectivity index (χ4n) is 4.05. The van der Waals surface area contributed by atoms with Crippen molar-refractivity contribution in [3.63, 3.8) is 0 Å². The SMILES string of the molecule is COC[C@@H](O)CN1CCC2(CC1)C[C@H]2N(Cc1ccsc1)C(C)=O. The number of methoxy groups -OCH3 is 1. The molecule has 2 atom stereocenters. The van der Waals surface area contributed by atoms with E-state index in [-0.39, 0.29) is 5.91 Å². The zero-order chi connectivity index (χ0) is 17.2. The summed E-state index contributed by atoms with van der Waals surface area (Å²) in [7, 11) is 1.62. The Balaban J connectivity index is 1.53. The Hall–Kier alpha value is -0.950. The van der Waals surface area contributed by atoms with Gasteiger partial charge in [-0.2, -0.15) is 11.3 Å². The molecule has 1 aliphatic heterocycles. The highest BCUT2D eigenvalue weighted by atomic mass is 32.1. The predicted molar refractivity (Wildman–Crippen MR) is 94.9 cm³/mol. The molecule has 0 bridgehead atoms. The van der Waals surface area contributed by atoms with Crippen molar-refractivity contribution in [2.75, 3.05) is 33.4 Å². The smallest absolute Gasteiger partial charge is 0.220 e. The molecule has 2 aliphatic rings. The summed E-state index contributed by atoms with van der Waals surface area (Å²) in [5, 5.41) is 14.1. The van der Waals surface area contributed by atoms with Gasteiger partial charge in [-0.25, -0.2) is 0 Å². The number of thiophene rings is 1. The van der Waals surface area contributed by atoms with E-state index in [1.165, 1.54) is 5.56 Å². The Morgan fingerprint density at radius 3 is 2.88 bits per heavy atom. The molecule has 24 heavy (non-hydrogen) atoms. The van der Waals surface area contributed by atoms with Gasteiger partial charge in [-0.3, -0.25) is 4.79 Å². The second kappa shape index (κ2) is 7.52. The number of ether oxygens (including phenoxy) is 1. The van der Waals surface area contributed by atoms with Crippen molar-refractivity contribution in [2.24, 2.45) is 5.41 Å². The lowest BCUT2D eigenvalue weighted by Crippen LogP contribution is -2.43. The number of hydrogen-bond acceptors (Lipinski definition) is 5. The average molecular weight is 353 g/mol. The van der Waals surface area contributed by atoms with Crippen LogP contribution >= 0.6 is 11.3 Å². The average Bonchev–Trinajstić information content (AvgIpc) is 2.98. The van der Waals surface area contributed by atoms with Crippen molar-refractivity contribution < 1.29 is 14.6 Å². The maximum absolute atomic E-state index is 12.1. The largest absolute Gasteiger partial charge is 0.389 e. The Kier molecular flexibility index (Phi) is 5.59. The van der Waals surface area contributed by atoms with Crippen molar-refractivity contribution in [1.82, 2.24) is 9.80 Å². The van der Waals surface area contributed by atoms with E-state index in [1.807, 2.05) is 0 Å². The molecule has 1 N–H and O–H groups in total. The number of likely N-dealkylation sites (tertiary alicyclic amines) is 1. The zero-order valence-corrected chi connectivity index (χ0v) is 15.4. The first-order valence-electron chi connectivity index (χ1n) is 8.72. The molecule has 2 heterocycles. The molecule has 1 aliphatic carbocycles. The minimum atomic E-state index is -0.411. The van der Waals surface area contributed by atoms with E-state index in [0.717, 1.165) is 38.9 Å². The van der Waals surface area contributed by atoms with E-state index in [4.69, 9.17) is 4.74 Å². The summed E-state index contributed by atoms with van der Waals surface area (Å²) < 4.78 is 5.00. The Labute approximate surface area is 148 Å². The van der Waals surface area contributed by atoms with Crippen LogP contribution in [0.25, 0.3) is 0 Å². The number of aliphatic hydroxyl groups is 1. The molecule has 1 aromatic rings. The minimum Gasteiger partial charge on any atom is -0.389 e. The highest BCUT2D eigenvalue weighted by Crippen LogP contribution is 2.57. The number of rotatable bonds is 7. The molecule has 1 amide bonds. The lowest BCUT2D eigenvalue weighted by atomic mass is 9.92. The summed E-state index contributed by atoms with van der Waals surface area (Å²) in [6.45, 7) is 5.50. The minimum absolute atomic E-state index is 0.182. The molecule has 1 saturated heterocycles. The summed E-state index contributed by atoms with van der Waals surface area (Å²) in [4.78, 5) is 16.5. The fraction of sp³-hybridized carbons (Fsp3) is 0.722. The fourth-order valence-corrected chi connectivity index (χ4v) is 4.71. The number of carbonyl (C=O) groups excluding carboxylic acids is 1. The highest BCUT2D eigenvalue weighted by molar-refractivity contribution is 7.07. The number of aliphatic hydroxyl groups excluding tert-OH is 1. The van der Waals surface area contributed by atoms with Crippen molar-refractivity contribution in [1.29, 1.82) is 0 Å². The van der Waals surface area contributed by atoms with Gasteiger partial charge in [-0.05, 0) is 60.2 Å². The van der Waals surface area contributed by atoms with Crippen molar-refractivity contribution in [2.45, 2.75) is 44.9 Å². The quantitative estimate of drug-likeness (QED) is 0.815. The highest BCUT2D eigenvalue weighted by Gasteiger charge is 2.58. The lowest BCUT2D eigenvalue weighted by molar-refractivity contribution is -0.130. The molecule has 0 aromatic carbocycles. The molecule has 3 rings (SSSR count). The molecule has 0 unspecified atom stereocenters. The van der Waals surface area contributed by atoms with Crippen LogP contribution < -0.4 is 0 Å². The second-order valence-corrected chi connectivity index (χ2v) is 8.05. The summed E-state index contributed by atoms with van der Waals surface area (Å²) in [6, 6.07) is 2.50. The van der Waals surface area contributed by atoms with E-state index < -0.39 is 6.10 Å². The van der Waals surface area contributed by atoms with Gasteiger partial charge in [0.15, 0.2) is 0 Å². The molecule has 1 saturated carbocycles. The summed E-state index contributed by atoms with van der Waals surface area (Å²) in [5.41, 5.74) is 1.54. The number of hydrogen-bond donors (Lipinski definition) is 1. The third kappa shape index (κ3) is 3.99. The van der Waals surface area contributed by atoms with Crippen LogP contribution in [-0.4, -0.2) is 66.3 Å². The number of piperidine rings is 1. The lowest BCUT2D eigenvalue weighted by Gasteiger charge is -2.35. The van der Waals surface area contributed by atoms with Gasteiger partial charge in [0.05, 0.1) is 12.7 Å². The van der Waals surface area contributed by atoms with Crippen molar-refractivity contribution >= 4 is 17.2 Å². The van der Waals surface area contributed by atoms with Gasteiger partial charge in [-0.15, -0.1) is 0 Å². The Bertz CT molecular complexity index is 540. The number of β-amino-alcohol motifs (C(OH)–C–C–N with tert-alkyl or cyclic N) is 1. The summed E-state index contributed by atoms with van der Waals surface area (Å²) >= 11 is 1.68. The molecule has 6 heteroatoms. The normalized spacial score (nSPS) is 24.0. The standard InChI is InChI=1S/C18H28N2O3S/c1-14(21)20(10-15-3-8-24-13-15)17-9-18(17)4-6-19(7-5-18)11-16(22)12-23-2/h3,8,13,16-17,22H,4-7,9-12H2,1-2H3/t16-,17+/m0/s1. The maximum atomic E-state index is 12.1. The molecular formula is C18H28N2O3S. The van der Waals surface area contributed by atoms with Gasteiger partial charge in [0.2, 0.25) is 5.91 Å². The van der Waals surface area contributed by atoms with Gasteiger partial charge >= 0.3 is 0 Å². The van der Waals surface area contributed by atoms with E-state index in [1.54, 1.807) is 25.4 Å². The molecule has 2 fully saturated rings. The van der Waals surface area contributed by atoms with Crippen LogP contribution in [0.3, 0.4) is 0 Å². The topological polar surface area (TPSA) is 53.0 Å². The van der Waals surface area contributed by atoms with Crippen LogP contribution in [0.2, 0.25) is 0 Å². The maximum Gasteiger partial charge on any atom is 0.220 e. The molecule has 5 nitrogen and oxygen atoms in total. The van der Waals surface area contributed by atoms with Gasteiger partial charge < -0.3 is 19.6 Å². The number of carbonyl (C=O) groups is 1. The van der Waals surface area contributed by atoms with E-state index in [2.05, 4.69) is 26.6 Å². The number of amides is 1. The van der Waals surface area contributed by atoms with Crippen LogP contribution in [-0.2, 0) is 16.1 Å². The molecule has 134 valence electrons. The number of nitrogens with zero attached hydrogens (tertiary/aromatic N) is 2. The summed E-state index contributed by atoms with van der Waals surface area (Å²) in [5.74, 6) is 0.182. The molecular weight excluding hydrogens is 324 g/mol. The Morgan fingerprint density at radius 1 is 1.54 bits per heavy atom. The van der Waals surface area contributed by atoms with E-state index >= 15 is 0 Å². The van der Waals surface area contributed by atoms with Gasteiger partial charge in [0, 0.05) is 33.2 Å². The van der Waals surface area contributed by atoms with Gasteiger partial charge in [0.25, 0.3) is 0 Å². The van der Waals surface area contributed by atoms with Crippen molar-refractivity contribution in [3.05, 3.63) is 22.4 Å². The van der Waals surface area contributed by atoms with E-state index in [0.29, 0.717) is 24.6 Å². The van der Waals surface area contributed by atoms with Gasteiger partial charge in [0.1, 0.15) is 0 Å². The summed E-state index contributed by atoms with van der Waals surface area (Å²) in [6.07, 6.45) is 2.95. The van der Waals surface area contributed by atoms with E-state index in [9.17, 15) is 9.90 Å². The van der Waals surface area contributed by atoms with Crippen LogP contribution in [0, 0.1) is 5.41 Å². The molecule has 0 radical (unpaired) electrons. The first-order chi connectivity index (χ1) is 11.5.